The van der Waals surface area contributed by atoms with Gasteiger partial charge in [0.25, 0.3) is 5.91 Å². The number of benzene rings is 2. The van der Waals surface area contributed by atoms with Crippen LogP contribution in [-0.2, 0) is 14.8 Å². The van der Waals surface area contributed by atoms with Crippen molar-refractivity contribution in [2.24, 2.45) is 0 Å². The quantitative estimate of drug-likeness (QED) is 0.794. The number of hydrogen-bond acceptors (Lipinski definition) is 4. The van der Waals surface area contributed by atoms with Gasteiger partial charge in [-0.05, 0) is 74.2 Å². The number of nitrogens with one attached hydrogen (secondary N) is 1. The van der Waals surface area contributed by atoms with Crippen LogP contribution < -0.4 is 10.2 Å². The second-order valence-electron chi connectivity index (χ2n) is 7.64. The lowest BCUT2D eigenvalue weighted by molar-refractivity contribution is -0.119. The van der Waals surface area contributed by atoms with Crippen LogP contribution >= 0.6 is 0 Å². The van der Waals surface area contributed by atoms with Crippen LogP contribution in [0.1, 0.15) is 42.5 Å². The van der Waals surface area contributed by atoms with Gasteiger partial charge in [0.2, 0.25) is 15.9 Å². The fraction of sp³-hybridized carbons (Fsp3) is 0.364. The van der Waals surface area contributed by atoms with Crippen LogP contribution in [-0.4, -0.2) is 44.2 Å². The summed E-state index contributed by atoms with van der Waals surface area (Å²) in [7, 11) is -3.49. The number of sulfonamides is 1. The van der Waals surface area contributed by atoms with E-state index in [1.54, 1.807) is 17.0 Å². The van der Waals surface area contributed by atoms with Crippen molar-refractivity contribution >= 4 is 33.2 Å². The minimum Gasteiger partial charge on any atom is -0.322 e. The summed E-state index contributed by atoms with van der Waals surface area (Å²) in [5, 5.41) is 2.81. The van der Waals surface area contributed by atoms with Crippen molar-refractivity contribution in [1.82, 2.24) is 4.31 Å². The van der Waals surface area contributed by atoms with Gasteiger partial charge in [-0.3, -0.25) is 9.59 Å². The van der Waals surface area contributed by atoms with E-state index in [0.29, 0.717) is 30.8 Å². The third-order valence-corrected chi connectivity index (χ3v) is 7.49. The molecule has 0 unspecified atom stereocenters. The Bertz CT molecular complexity index is 1030. The second kappa shape index (κ2) is 8.57. The molecule has 2 aromatic carbocycles. The molecule has 0 spiro atoms. The Kier molecular flexibility index (Phi) is 5.87. The monoisotopic (exact) mass is 427 g/mol. The fourth-order valence-corrected chi connectivity index (χ4v) is 5.38. The minimum absolute atomic E-state index is 0.127. The van der Waals surface area contributed by atoms with E-state index in [9.17, 15) is 18.0 Å². The van der Waals surface area contributed by atoms with Gasteiger partial charge in [0.05, 0.1) is 4.90 Å². The highest BCUT2D eigenvalue weighted by atomic mass is 32.2. The van der Waals surface area contributed by atoms with Gasteiger partial charge in [0, 0.05) is 43.0 Å². The van der Waals surface area contributed by atoms with Crippen molar-refractivity contribution in [1.29, 1.82) is 0 Å². The maximum atomic E-state index is 12.6. The van der Waals surface area contributed by atoms with E-state index in [2.05, 4.69) is 5.32 Å². The summed E-state index contributed by atoms with van der Waals surface area (Å²) in [6, 6.07) is 13.2. The highest BCUT2D eigenvalue weighted by Gasteiger charge is 2.27. The second-order valence-corrected chi connectivity index (χ2v) is 9.58. The molecule has 0 atom stereocenters. The van der Waals surface area contributed by atoms with Crippen molar-refractivity contribution in [3.8, 4) is 0 Å². The van der Waals surface area contributed by atoms with Gasteiger partial charge in [0.1, 0.15) is 0 Å². The largest absolute Gasteiger partial charge is 0.322 e. The van der Waals surface area contributed by atoms with E-state index in [1.165, 1.54) is 28.6 Å². The maximum Gasteiger partial charge on any atom is 0.255 e. The average Bonchev–Trinajstić information content (AvgIpc) is 3.31. The van der Waals surface area contributed by atoms with Crippen LogP contribution in [0.4, 0.5) is 11.4 Å². The minimum atomic E-state index is -3.49. The first-order valence-electron chi connectivity index (χ1n) is 10.3. The molecule has 0 bridgehead atoms. The van der Waals surface area contributed by atoms with Crippen LogP contribution in [0.25, 0.3) is 0 Å². The normalized spacial score (nSPS) is 17.9. The summed E-state index contributed by atoms with van der Waals surface area (Å²) in [6.45, 7) is 1.81. The standard InChI is InChI=1S/C22H25N3O4S/c26-21-5-1-2-16-25(21)19-10-8-18(9-11-19)23-22(27)17-6-12-20(13-7-17)30(28,29)24-14-3-4-15-24/h6-13H,1-5,14-16H2,(H,23,27). The Morgan fingerprint density at radius 2 is 1.47 bits per heavy atom. The van der Waals surface area contributed by atoms with Gasteiger partial charge in [0.15, 0.2) is 0 Å². The van der Waals surface area contributed by atoms with E-state index < -0.39 is 10.0 Å². The lowest BCUT2D eigenvalue weighted by Crippen LogP contribution is -2.35. The highest BCUT2D eigenvalue weighted by molar-refractivity contribution is 7.89. The molecule has 158 valence electrons. The molecule has 0 aromatic heterocycles. The molecule has 8 heteroatoms. The number of piperidine rings is 1. The fourth-order valence-electron chi connectivity index (χ4n) is 3.86. The van der Waals surface area contributed by atoms with Crippen molar-refractivity contribution in [2.75, 3.05) is 29.9 Å². The zero-order valence-electron chi connectivity index (χ0n) is 16.7. The Labute approximate surface area is 176 Å². The summed E-state index contributed by atoms with van der Waals surface area (Å²) in [5.41, 5.74) is 1.82. The summed E-state index contributed by atoms with van der Waals surface area (Å²) < 4.78 is 26.7. The van der Waals surface area contributed by atoms with E-state index in [4.69, 9.17) is 0 Å². The number of rotatable bonds is 5. The molecule has 30 heavy (non-hydrogen) atoms. The molecule has 2 aliphatic rings. The zero-order valence-corrected chi connectivity index (χ0v) is 17.5. The predicted octanol–water partition coefficient (Wildman–Crippen LogP) is 3.24. The van der Waals surface area contributed by atoms with Crippen molar-refractivity contribution in [2.45, 2.75) is 37.0 Å². The lowest BCUT2D eigenvalue weighted by Gasteiger charge is -2.26. The van der Waals surface area contributed by atoms with Crippen LogP contribution in [0.15, 0.2) is 53.4 Å². The maximum absolute atomic E-state index is 12.6. The van der Waals surface area contributed by atoms with Gasteiger partial charge < -0.3 is 10.2 Å². The number of anilines is 2. The molecule has 0 radical (unpaired) electrons. The molecule has 2 saturated heterocycles. The van der Waals surface area contributed by atoms with E-state index in [1.807, 2.05) is 12.1 Å². The number of amides is 2. The Balaban J connectivity index is 1.42. The molecule has 2 fully saturated rings. The molecule has 7 nitrogen and oxygen atoms in total. The van der Waals surface area contributed by atoms with E-state index in [0.717, 1.165) is 37.9 Å². The van der Waals surface area contributed by atoms with Crippen molar-refractivity contribution < 1.29 is 18.0 Å². The molecular weight excluding hydrogens is 402 g/mol. The molecule has 2 aliphatic heterocycles. The van der Waals surface area contributed by atoms with Crippen molar-refractivity contribution in [3.63, 3.8) is 0 Å². The Morgan fingerprint density at radius 3 is 2.10 bits per heavy atom. The molecule has 0 saturated carbocycles. The van der Waals surface area contributed by atoms with Crippen molar-refractivity contribution in [3.05, 3.63) is 54.1 Å². The van der Waals surface area contributed by atoms with Gasteiger partial charge in [-0.15, -0.1) is 0 Å². The first-order chi connectivity index (χ1) is 14.4. The van der Waals surface area contributed by atoms with Crippen LogP contribution in [0, 0.1) is 0 Å². The molecule has 4 rings (SSSR count). The Hall–Kier alpha value is -2.71. The van der Waals surface area contributed by atoms with Gasteiger partial charge in [-0.1, -0.05) is 0 Å². The molecule has 1 N–H and O–H groups in total. The number of hydrogen-bond donors (Lipinski definition) is 1. The third-order valence-electron chi connectivity index (χ3n) is 5.58. The molecular formula is C22H25N3O4S. The zero-order chi connectivity index (χ0) is 21.1. The first kappa shape index (κ1) is 20.6. The molecule has 2 heterocycles. The van der Waals surface area contributed by atoms with Crippen LogP contribution in [0.5, 0.6) is 0 Å². The number of nitrogens with zero attached hydrogens (tertiary/aromatic N) is 2. The molecule has 0 aliphatic carbocycles. The van der Waals surface area contributed by atoms with Gasteiger partial charge >= 0.3 is 0 Å². The number of carbonyl (C=O) groups is 2. The predicted molar refractivity (Wildman–Crippen MR) is 115 cm³/mol. The molecule has 2 amide bonds. The SMILES string of the molecule is O=C(Nc1ccc(N2CCCCC2=O)cc1)c1ccc(S(=O)(=O)N2CCCC2)cc1. The average molecular weight is 428 g/mol. The summed E-state index contributed by atoms with van der Waals surface area (Å²) in [6.07, 6.45) is 4.26. The van der Waals surface area contributed by atoms with E-state index in [-0.39, 0.29) is 16.7 Å². The highest BCUT2D eigenvalue weighted by Crippen LogP contribution is 2.24. The Morgan fingerprint density at radius 1 is 0.833 bits per heavy atom. The first-order valence-corrected chi connectivity index (χ1v) is 11.7. The van der Waals surface area contributed by atoms with E-state index >= 15 is 0 Å². The molecule has 2 aromatic rings. The van der Waals surface area contributed by atoms with Crippen LogP contribution in [0.3, 0.4) is 0 Å². The summed E-state index contributed by atoms with van der Waals surface area (Å²) >= 11 is 0. The summed E-state index contributed by atoms with van der Waals surface area (Å²) in [5.74, 6) is -0.191. The topological polar surface area (TPSA) is 86.8 Å². The lowest BCUT2D eigenvalue weighted by atomic mass is 10.1. The van der Waals surface area contributed by atoms with Gasteiger partial charge in [-0.2, -0.15) is 4.31 Å². The van der Waals surface area contributed by atoms with Gasteiger partial charge in [-0.25, -0.2) is 8.42 Å². The summed E-state index contributed by atoms with van der Waals surface area (Å²) in [4.78, 5) is 26.5. The third kappa shape index (κ3) is 4.24. The number of carbonyl (C=O) groups excluding carboxylic acids is 2. The van der Waals surface area contributed by atoms with Crippen LogP contribution in [0.2, 0.25) is 0 Å². The smallest absolute Gasteiger partial charge is 0.255 e.